The fraction of sp³-hybridized carbons (Fsp3) is 0.0857. The Morgan fingerprint density at radius 3 is 2.00 bits per heavy atom. The first-order valence-electron chi connectivity index (χ1n) is 13.5. The summed E-state index contributed by atoms with van der Waals surface area (Å²) in [5.74, 6) is 0.600. The van der Waals surface area contributed by atoms with Crippen LogP contribution in [0.2, 0.25) is 0 Å². The second-order valence-electron chi connectivity index (χ2n) is 10.8. The topological polar surface area (TPSA) is 56.5 Å². The highest BCUT2D eigenvalue weighted by molar-refractivity contribution is 6.12. The van der Waals surface area contributed by atoms with Gasteiger partial charge in [-0.2, -0.15) is 0 Å². The van der Waals surface area contributed by atoms with Crippen molar-refractivity contribution in [2.45, 2.75) is 19.3 Å². The molecule has 0 saturated heterocycles. The van der Waals surface area contributed by atoms with Gasteiger partial charge in [-0.1, -0.05) is 105 Å². The van der Waals surface area contributed by atoms with Crippen molar-refractivity contribution < 1.29 is 0 Å². The average molecular weight is 516 g/mol. The molecular weight excluding hydrogens is 490 g/mol. The van der Waals surface area contributed by atoms with Gasteiger partial charge in [0.05, 0.1) is 28.6 Å². The number of hydrogen-bond donors (Lipinski definition) is 0. The first kappa shape index (κ1) is 22.8. The van der Waals surface area contributed by atoms with Crippen molar-refractivity contribution in [3.63, 3.8) is 0 Å². The molecule has 0 amide bonds. The van der Waals surface area contributed by atoms with Crippen molar-refractivity contribution in [2.75, 3.05) is 0 Å². The highest BCUT2D eigenvalue weighted by atomic mass is 15.2. The van der Waals surface area contributed by atoms with Gasteiger partial charge >= 0.3 is 0 Å². The highest BCUT2D eigenvalue weighted by Gasteiger charge is 2.38. The van der Waals surface area contributed by atoms with Gasteiger partial charge in [0.25, 0.3) is 0 Å². The molecule has 3 heterocycles. The summed E-state index contributed by atoms with van der Waals surface area (Å²) >= 11 is 0. The molecule has 4 aromatic carbocycles. The number of nitrogens with zero attached hydrogens (tertiary/aromatic N) is 5. The predicted octanol–water partition coefficient (Wildman–Crippen LogP) is 8.00. The molecule has 0 unspecified atom stereocenters. The predicted molar refractivity (Wildman–Crippen MR) is 160 cm³/mol. The second kappa shape index (κ2) is 8.42. The minimum atomic E-state index is -0.183. The van der Waals surface area contributed by atoms with Gasteiger partial charge in [-0.25, -0.2) is 19.9 Å². The van der Waals surface area contributed by atoms with Crippen molar-refractivity contribution in [1.29, 1.82) is 0 Å². The lowest BCUT2D eigenvalue weighted by Crippen LogP contribution is -2.15. The van der Waals surface area contributed by atoms with Crippen LogP contribution in [0.1, 0.15) is 25.0 Å². The molecular formula is C35H25N5. The molecule has 0 N–H and O–H groups in total. The van der Waals surface area contributed by atoms with Gasteiger partial charge in [-0.15, -0.1) is 0 Å². The third-order valence-corrected chi connectivity index (χ3v) is 8.16. The van der Waals surface area contributed by atoms with Gasteiger partial charge in [0, 0.05) is 21.9 Å². The van der Waals surface area contributed by atoms with Gasteiger partial charge in [-0.3, -0.25) is 4.57 Å². The van der Waals surface area contributed by atoms with Gasteiger partial charge in [-0.05, 0) is 34.4 Å². The minimum absolute atomic E-state index is 0.183. The van der Waals surface area contributed by atoms with Crippen molar-refractivity contribution in [1.82, 2.24) is 24.5 Å². The molecule has 0 aliphatic heterocycles. The number of rotatable bonds is 3. The Hall–Kier alpha value is -5.16. The number of fused-ring (bicyclic) bond motifs is 7. The Morgan fingerprint density at radius 1 is 0.650 bits per heavy atom. The van der Waals surface area contributed by atoms with E-state index in [0.29, 0.717) is 5.95 Å². The van der Waals surface area contributed by atoms with Crippen LogP contribution in [0.25, 0.3) is 61.5 Å². The SMILES string of the molecule is CC1(C)c2ccccc2-c2ccc3c(c21)c1ncncc1n3-c1nc(-c2ccccc2)cc(-c2ccccc2)n1. The van der Waals surface area contributed by atoms with E-state index in [4.69, 9.17) is 15.0 Å². The Kier molecular flexibility index (Phi) is 4.80. The van der Waals surface area contributed by atoms with Crippen LogP contribution in [-0.2, 0) is 5.41 Å². The second-order valence-corrected chi connectivity index (χ2v) is 10.8. The van der Waals surface area contributed by atoms with Crippen molar-refractivity contribution in [2.24, 2.45) is 0 Å². The zero-order valence-electron chi connectivity index (χ0n) is 22.2. The highest BCUT2D eigenvalue weighted by Crippen LogP contribution is 2.52. The molecule has 190 valence electrons. The molecule has 0 saturated carbocycles. The van der Waals surface area contributed by atoms with E-state index in [1.54, 1.807) is 6.33 Å². The maximum atomic E-state index is 5.14. The van der Waals surface area contributed by atoms with Crippen molar-refractivity contribution in [3.05, 3.63) is 127 Å². The molecule has 1 aliphatic carbocycles. The number of aromatic nitrogens is 5. The fourth-order valence-corrected chi connectivity index (χ4v) is 6.36. The van der Waals surface area contributed by atoms with E-state index in [-0.39, 0.29) is 5.41 Å². The third kappa shape index (κ3) is 3.21. The first-order valence-corrected chi connectivity index (χ1v) is 13.5. The summed E-state index contributed by atoms with van der Waals surface area (Å²) in [5, 5.41) is 1.13. The molecule has 0 spiro atoms. The largest absolute Gasteiger partial charge is 0.275 e. The van der Waals surface area contributed by atoms with Crippen LogP contribution in [0.4, 0.5) is 0 Å². The van der Waals surface area contributed by atoms with Crippen LogP contribution < -0.4 is 0 Å². The summed E-state index contributed by atoms with van der Waals surface area (Å²) in [6, 6.07) is 35.8. The zero-order valence-corrected chi connectivity index (χ0v) is 22.2. The Bertz CT molecular complexity index is 2020. The molecule has 1 aliphatic rings. The summed E-state index contributed by atoms with van der Waals surface area (Å²) in [6.07, 6.45) is 3.52. The standard InChI is InChI=1S/C35H25N5/c1-35(2)26-16-10-9-15-24(26)25-17-18-29-31(32(25)35)33-30(20-36-21-37-33)40(29)34-38-27(22-11-5-3-6-12-22)19-28(39-34)23-13-7-4-8-14-23/h3-21H,1-2H3. The fourth-order valence-electron chi connectivity index (χ4n) is 6.36. The average Bonchev–Trinajstić information content (AvgIpc) is 3.47. The van der Waals surface area contributed by atoms with E-state index < -0.39 is 0 Å². The molecule has 3 aromatic heterocycles. The Morgan fingerprint density at radius 2 is 1.30 bits per heavy atom. The number of benzene rings is 4. The molecule has 0 fully saturated rings. The Labute approximate surface area is 231 Å². The molecule has 0 atom stereocenters. The van der Waals surface area contributed by atoms with Crippen LogP contribution in [0.15, 0.2) is 116 Å². The summed E-state index contributed by atoms with van der Waals surface area (Å²) in [4.78, 5) is 19.5. The third-order valence-electron chi connectivity index (χ3n) is 8.16. The maximum absolute atomic E-state index is 5.14. The van der Waals surface area contributed by atoms with Gasteiger partial charge < -0.3 is 0 Å². The summed E-state index contributed by atoms with van der Waals surface area (Å²) in [5.41, 5.74) is 11.6. The van der Waals surface area contributed by atoms with E-state index in [2.05, 4.69) is 90.1 Å². The van der Waals surface area contributed by atoms with Crippen LogP contribution in [0, 0.1) is 0 Å². The van der Waals surface area contributed by atoms with Crippen molar-refractivity contribution in [3.8, 4) is 39.6 Å². The van der Waals surface area contributed by atoms with E-state index in [0.717, 1.165) is 44.5 Å². The quantitative estimate of drug-likeness (QED) is 0.239. The summed E-state index contributed by atoms with van der Waals surface area (Å²) < 4.78 is 2.13. The van der Waals surface area contributed by atoms with E-state index >= 15 is 0 Å². The van der Waals surface area contributed by atoms with Crippen molar-refractivity contribution >= 4 is 21.9 Å². The lowest BCUT2D eigenvalue weighted by Gasteiger charge is -2.22. The van der Waals surface area contributed by atoms with Gasteiger partial charge in [0.15, 0.2) is 0 Å². The summed E-state index contributed by atoms with van der Waals surface area (Å²) in [7, 11) is 0. The molecule has 5 heteroatoms. The monoisotopic (exact) mass is 515 g/mol. The zero-order chi connectivity index (χ0) is 26.8. The lowest BCUT2D eigenvalue weighted by atomic mass is 9.81. The number of hydrogen-bond acceptors (Lipinski definition) is 4. The smallest absolute Gasteiger partial charge is 0.235 e. The Balaban J connectivity index is 1.47. The van der Waals surface area contributed by atoms with Gasteiger partial charge in [0.1, 0.15) is 11.8 Å². The lowest BCUT2D eigenvalue weighted by molar-refractivity contribution is 0.666. The van der Waals surface area contributed by atoms with Crippen LogP contribution >= 0.6 is 0 Å². The molecule has 8 rings (SSSR count). The summed E-state index contributed by atoms with van der Waals surface area (Å²) in [6.45, 7) is 4.61. The van der Waals surface area contributed by atoms with Crippen LogP contribution in [0.3, 0.4) is 0 Å². The molecule has 40 heavy (non-hydrogen) atoms. The van der Waals surface area contributed by atoms with E-state index in [9.17, 15) is 0 Å². The van der Waals surface area contributed by atoms with E-state index in [1.165, 1.54) is 22.3 Å². The molecule has 7 aromatic rings. The van der Waals surface area contributed by atoms with Crippen LogP contribution in [-0.4, -0.2) is 24.5 Å². The first-order chi connectivity index (χ1) is 19.6. The normalized spacial score (nSPS) is 13.4. The maximum Gasteiger partial charge on any atom is 0.235 e. The van der Waals surface area contributed by atoms with Crippen LogP contribution in [0.5, 0.6) is 0 Å². The van der Waals surface area contributed by atoms with E-state index in [1.807, 2.05) is 42.6 Å². The minimum Gasteiger partial charge on any atom is -0.275 e. The molecule has 0 radical (unpaired) electrons. The molecule has 5 nitrogen and oxygen atoms in total. The van der Waals surface area contributed by atoms with Gasteiger partial charge in [0.2, 0.25) is 5.95 Å². The molecule has 0 bridgehead atoms.